The third-order valence-electron chi connectivity index (χ3n) is 7.11. The number of amides is 2. The lowest BCUT2D eigenvalue weighted by Crippen LogP contribution is -2.52. The summed E-state index contributed by atoms with van der Waals surface area (Å²) in [5.41, 5.74) is 2.63. The van der Waals surface area contributed by atoms with Crippen molar-refractivity contribution in [2.75, 3.05) is 34.5 Å². The summed E-state index contributed by atoms with van der Waals surface area (Å²) < 4.78 is 21.8. The van der Waals surface area contributed by atoms with Crippen LogP contribution in [0.4, 0.5) is 0 Å². The van der Waals surface area contributed by atoms with Crippen LogP contribution in [-0.2, 0) is 33.7 Å². The Morgan fingerprint density at radius 2 is 1.62 bits per heavy atom. The van der Waals surface area contributed by atoms with Gasteiger partial charge in [0.2, 0.25) is 11.8 Å². The normalized spacial score (nSPS) is 15.2. The van der Waals surface area contributed by atoms with Gasteiger partial charge in [-0.1, -0.05) is 48.5 Å². The van der Waals surface area contributed by atoms with Crippen LogP contribution in [-0.4, -0.2) is 63.3 Å². The monoisotopic (exact) mass is 546 g/mol. The van der Waals surface area contributed by atoms with Crippen LogP contribution in [0, 0.1) is 0 Å². The fourth-order valence-corrected chi connectivity index (χ4v) is 4.89. The molecular weight excluding hydrogens is 508 g/mol. The number of nitrogens with one attached hydrogen (secondary N) is 1. The number of benzene rings is 3. The van der Waals surface area contributed by atoms with Gasteiger partial charge in [-0.15, -0.1) is 0 Å². The van der Waals surface area contributed by atoms with Gasteiger partial charge in [-0.05, 0) is 53.8 Å². The molecule has 0 aliphatic carbocycles. The van der Waals surface area contributed by atoms with Crippen LogP contribution in [0.25, 0.3) is 0 Å². The van der Waals surface area contributed by atoms with E-state index in [1.165, 1.54) is 0 Å². The molecule has 40 heavy (non-hydrogen) atoms. The highest BCUT2D eigenvalue weighted by atomic mass is 16.5. The summed E-state index contributed by atoms with van der Waals surface area (Å²) >= 11 is 0. The van der Waals surface area contributed by atoms with Crippen molar-refractivity contribution in [2.24, 2.45) is 0 Å². The summed E-state index contributed by atoms with van der Waals surface area (Å²) in [5, 5.41) is 3.07. The molecule has 1 saturated heterocycles. The minimum Gasteiger partial charge on any atom is -0.497 e. The quantitative estimate of drug-likeness (QED) is 0.346. The number of hydrogen-bond acceptors (Lipinski definition) is 6. The maximum absolute atomic E-state index is 14.0. The smallest absolute Gasteiger partial charge is 0.243 e. The van der Waals surface area contributed by atoms with Gasteiger partial charge in [0, 0.05) is 26.1 Å². The van der Waals surface area contributed by atoms with E-state index in [2.05, 4.69) is 5.32 Å². The van der Waals surface area contributed by atoms with Gasteiger partial charge in [0.1, 0.15) is 11.8 Å². The molecule has 0 unspecified atom stereocenters. The predicted octanol–water partition coefficient (Wildman–Crippen LogP) is 4.19. The molecule has 0 spiro atoms. The van der Waals surface area contributed by atoms with Gasteiger partial charge < -0.3 is 29.2 Å². The fraction of sp³-hybridized carbons (Fsp3) is 0.375. The molecule has 3 aromatic carbocycles. The first-order valence-electron chi connectivity index (χ1n) is 13.6. The SMILES string of the molecule is COc1ccc(CN(C(=O)Cc2ccc(OC)c(OC)c2)[C@H](Cc2ccccc2)C(=O)NC[C@@H]2CCCO2)cc1. The molecule has 0 aromatic heterocycles. The molecule has 2 atom stereocenters. The van der Waals surface area contributed by atoms with Crippen molar-refractivity contribution in [2.45, 2.75) is 44.4 Å². The standard InChI is InChI=1S/C32H38N2O6/c1-37-26-14-11-24(12-15-26)22-34(31(35)20-25-13-16-29(38-2)30(19-25)39-3)28(18-23-8-5-4-6-9-23)32(36)33-21-27-10-7-17-40-27/h4-6,8-9,11-16,19,27-28H,7,10,17-18,20-22H2,1-3H3,(H,33,36)/t27-,28+/m0/s1. The predicted molar refractivity (Wildman–Crippen MR) is 153 cm³/mol. The number of nitrogens with zero attached hydrogens (tertiary/aromatic N) is 1. The van der Waals surface area contributed by atoms with E-state index in [9.17, 15) is 9.59 Å². The number of ether oxygens (including phenoxy) is 4. The third-order valence-corrected chi connectivity index (χ3v) is 7.11. The second kappa shape index (κ2) is 14.4. The maximum Gasteiger partial charge on any atom is 0.243 e. The first-order valence-corrected chi connectivity index (χ1v) is 13.6. The van der Waals surface area contributed by atoms with E-state index in [0.717, 1.165) is 35.3 Å². The minimum absolute atomic E-state index is 0.00108. The van der Waals surface area contributed by atoms with Crippen molar-refractivity contribution in [3.05, 3.63) is 89.5 Å². The second-order valence-electron chi connectivity index (χ2n) is 9.82. The molecule has 1 fully saturated rings. The van der Waals surface area contributed by atoms with Gasteiger partial charge in [0.15, 0.2) is 11.5 Å². The summed E-state index contributed by atoms with van der Waals surface area (Å²) in [5.74, 6) is 1.49. The zero-order valence-corrected chi connectivity index (χ0v) is 23.4. The number of methoxy groups -OCH3 is 3. The second-order valence-corrected chi connectivity index (χ2v) is 9.82. The first-order chi connectivity index (χ1) is 19.5. The molecule has 8 nitrogen and oxygen atoms in total. The lowest BCUT2D eigenvalue weighted by molar-refractivity contribution is -0.141. The molecule has 0 radical (unpaired) electrons. The minimum atomic E-state index is -0.724. The van der Waals surface area contributed by atoms with Gasteiger partial charge >= 0.3 is 0 Å². The number of hydrogen-bond donors (Lipinski definition) is 1. The highest BCUT2D eigenvalue weighted by Crippen LogP contribution is 2.28. The molecule has 1 aliphatic rings. The Kier molecular flexibility index (Phi) is 10.4. The summed E-state index contributed by atoms with van der Waals surface area (Å²) in [7, 11) is 4.75. The highest BCUT2D eigenvalue weighted by Gasteiger charge is 2.31. The Morgan fingerprint density at radius 1 is 0.900 bits per heavy atom. The number of carbonyl (C=O) groups is 2. The molecule has 2 amide bonds. The van der Waals surface area contributed by atoms with Gasteiger partial charge in [-0.3, -0.25) is 9.59 Å². The molecule has 1 heterocycles. The van der Waals surface area contributed by atoms with E-state index in [-0.39, 0.29) is 30.9 Å². The van der Waals surface area contributed by atoms with Crippen LogP contribution < -0.4 is 19.5 Å². The van der Waals surface area contributed by atoms with Gasteiger partial charge in [-0.2, -0.15) is 0 Å². The summed E-state index contributed by atoms with van der Waals surface area (Å²) in [6, 6.07) is 22.0. The van der Waals surface area contributed by atoms with Crippen molar-refractivity contribution < 1.29 is 28.5 Å². The van der Waals surface area contributed by atoms with Crippen LogP contribution in [0.5, 0.6) is 17.2 Å². The Balaban J connectivity index is 1.64. The summed E-state index contributed by atoms with van der Waals surface area (Å²) in [6.07, 6.45) is 2.38. The van der Waals surface area contributed by atoms with Crippen molar-refractivity contribution in [1.29, 1.82) is 0 Å². The van der Waals surface area contributed by atoms with Crippen molar-refractivity contribution >= 4 is 11.8 Å². The topological polar surface area (TPSA) is 86.3 Å². The lowest BCUT2D eigenvalue weighted by Gasteiger charge is -2.32. The molecule has 1 aliphatic heterocycles. The van der Waals surface area contributed by atoms with Crippen LogP contribution in [0.2, 0.25) is 0 Å². The van der Waals surface area contributed by atoms with Crippen LogP contribution in [0.15, 0.2) is 72.8 Å². The molecule has 0 bridgehead atoms. The van der Waals surface area contributed by atoms with E-state index >= 15 is 0 Å². The van der Waals surface area contributed by atoms with Gasteiger partial charge in [-0.25, -0.2) is 0 Å². The van der Waals surface area contributed by atoms with Crippen molar-refractivity contribution in [3.63, 3.8) is 0 Å². The molecule has 1 N–H and O–H groups in total. The molecule has 4 rings (SSSR count). The Bertz CT molecular complexity index is 1240. The molecule has 212 valence electrons. The largest absolute Gasteiger partial charge is 0.497 e. The van der Waals surface area contributed by atoms with Crippen LogP contribution in [0.1, 0.15) is 29.5 Å². The van der Waals surface area contributed by atoms with E-state index in [0.29, 0.717) is 31.1 Å². The van der Waals surface area contributed by atoms with E-state index in [1.807, 2.05) is 60.7 Å². The van der Waals surface area contributed by atoms with Gasteiger partial charge in [0.25, 0.3) is 0 Å². The van der Waals surface area contributed by atoms with E-state index in [4.69, 9.17) is 18.9 Å². The maximum atomic E-state index is 14.0. The average Bonchev–Trinajstić information content (AvgIpc) is 3.52. The Labute approximate surface area is 236 Å². The van der Waals surface area contributed by atoms with Gasteiger partial charge in [0.05, 0.1) is 33.9 Å². The van der Waals surface area contributed by atoms with E-state index in [1.54, 1.807) is 38.4 Å². The summed E-state index contributed by atoms with van der Waals surface area (Å²) in [4.78, 5) is 29.5. The molecular formula is C32H38N2O6. The molecule has 3 aromatic rings. The zero-order chi connectivity index (χ0) is 28.3. The van der Waals surface area contributed by atoms with Crippen LogP contribution >= 0.6 is 0 Å². The number of rotatable bonds is 13. The zero-order valence-electron chi connectivity index (χ0n) is 23.4. The first kappa shape index (κ1) is 29.0. The average molecular weight is 547 g/mol. The lowest BCUT2D eigenvalue weighted by atomic mass is 10.0. The van der Waals surface area contributed by atoms with E-state index < -0.39 is 6.04 Å². The molecule has 8 heteroatoms. The Morgan fingerprint density at radius 3 is 2.27 bits per heavy atom. The third kappa shape index (κ3) is 7.76. The highest BCUT2D eigenvalue weighted by molar-refractivity contribution is 5.89. The number of carbonyl (C=O) groups excluding carboxylic acids is 2. The Hall–Kier alpha value is -4.04. The molecule has 0 saturated carbocycles. The summed E-state index contributed by atoms with van der Waals surface area (Å²) in [6.45, 7) is 1.40. The van der Waals surface area contributed by atoms with Crippen molar-refractivity contribution in [1.82, 2.24) is 10.2 Å². The van der Waals surface area contributed by atoms with Crippen molar-refractivity contribution in [3.8, 4) is 17.2 Å². The van der Waals surface area contributed by atoms with Crippen LogP contribution in [0.3, 0.4) is 0 Å². The fourth-order valence-electron chi connectivity index (χ4n) is 4.89.